The van der Waals surface area contributed by atoms with Gasteiger partial charge in [0.1, 0.15) is 18.3 Å². The molecule has 0 aromatic carbocycles. The van der Waals surface area contributed by atoms with Gasteiger partial charge in [0, 0.05) is 12.5 Å². The van der Waals surface area contributed by atoms with Gasteiger partial charge in [0.25, 0.3) is 0 Å². The first kappa shape index (κ1) is 27.0. The van der Waals surface area contributed by atoms with Gasteiger partial charge >= 0.3 is 5.97 Å². The van der Waals surface area contributed by atoms with Crippen LogP contribution < -0.4 is 0 Å². The average Bonchev–Trinajstić information content (AvgIpc) is 3.61. The number of aliphatic hydroxyl groups is 2. The molecular weight excluding hydrogens is 460 g/mol. The Morgan fingerprint density at radius 3 is 2.89 bits per heavy atom. The summed E-state index contributed by atoms with van der Waals surface area (Å²) in [6.45, 7) is 6.74. The molecule has 4 rings (SSSR count). The molecule has 198 valence electrons. The van der Waals surface area contributed by atoms with Crippen LogP contribution in [0.5, 0.6) is 0 Å². The van der Waals surface area contributed by atoms with Crippen molar-refractivity contribution in [2.24, 2.45) is 0 Å². The van der Waals surface area contributed by atoms with Crippen molar-refractivity contribution in [1.82, 2.24) is 0 Å². The van der Waals surface area contributed by atoms with Gasteiger partial charge in [0.2, 0.25) is 0 Å². The van der Waals surface area contributed by atoms with Crippen LogP contribution in [0.25, 0.3) is 0 Å². The Kier molecular flexibility index (Phi) is 9.73. The van der Waals surface area contributed by atoms with Gasteiger partial charge in [-0.3, -0.25) is 0 Å². The van der Waals surface area contributed by atoms with Crippen LogP contribution >= 0.6 is 0 Å². The number of cyclic esters (lactones) is 1. The molecule has 0 aliphatic carbocycles. The van der Waals surface area contributed by atoms with Crippen LogP contribution in [0.2, 0.25) is 0 Å². The summed E-state index contributed by atoms with van der Waals surface area (Å²) in [6, 6.07) is 0. The number of hydrogen-bond acceptors (Lipinski definition) is 7. The lowest BCUT2D eigenvalue weighted by atomic mass is 9.97. The van der Waals surface area contributed by atoms with E-state index in [1.165, 1.54) is 11.6 Å². The van der Waals surface area contributed by atoms with E-state index in [1.54, 1.807) is 12.2 Å². The van der Waals surface area contributed by atoms with E-state index in [0.717, 1.165) is 37.7 Å². The summed E-state index contributed by atoms with van der Waals surface area (Å²) in [5, 5.41) is 21.5. The fourth-order valence-electron chi connectivity index (χ4n) is 5.06. The summed E-state index contributed by atoms with van der Waals surface area (Å²) in [5.74, 6) is -0.524. The van der Waals surface area contributed by atoms with Crippen molar-refractivity contribution in [3.8, 4) is 0 Å². The Bertz CT molecular complexity index is 888. The van der Waals surface area contributed by atoms with Crippen LogP contribution in [0.1, 0.15) is 58.3 Å². The Morgan fingerprint density at radius 2 is 2.06 bits per heavy atom. The molecule has 8 atom stereocenters. The predicted octanol–water partition coefficient (Wildman–Crippen LogP) is 3.86. The van der Waals surface area contributed by atoms with Crippen molar-refractivity contribution in [2.45, 2.75) is 107 Å². The van der Waals surface area contributed by atoms with Gasteiger partial charge in [-0.25, -0.2) is 4.79 Å². The molecule has 4 aliphatic heterocycles. The van der Waals surface area contributed by atoms with E-state index in [-0.39, 0.29) is 30.5 Å². The maximum Gasteiger partial charge on any atom is 0.330 e. The highest BCUT2D eigenvalue weighted by molar-refractivity contribution is 5.82. The van der Waals surface area contributed by atoms with Gasteiger partial charge in [-0.2, -0.15) is 0 Å². The van der Waals surface area contributed by atoms with Crippen LogP contribution in [0.4, 0.5) is 0 Å². The second kappa shape index (κ2) is 13.0. The first-order chi connectivity index (χ1) is 17.4. The third kappa shape index (κ3) is 8.25. The van der Waals surface area contributed by atoms with Crippen molar-refractivity contribution in [3.05, 3.63) is 60.3 Å². The number of epoxide rings is 1. The van der Waals surface area contributed by atoms with Gasteiger partial charge < -0.3 is 29.2 Å². The van der Waals surface area contributed by atoms with Crippen molar-refractivity contribution in [3.63, 3.8) is 0 Å². The zero-order valence-electron chi connectivity index (χ0n) is 21.2. The van der Waals surface area contributed by atoms with Gasteiger partial charge in [0.15, 0.2) is 0 Å². The molecule has 0 spiro atoms. The van der Waals surface area contributed by atoms with Crippen LogP contribution in [0, 0.1) is 0 Å². The molecule has 7 nitrogen and oxygen atoms in total. The molecule has 4 heterocycles. The van der Waals surface area contributed by atoms with E-state index < -0.39 is 24.3 Å². The highest BCUT2D eigenvalue weighted by Gasteiger charge is 2.46. The largest absolute Gasteiger partial charge is 0.456 e. The lowest BCUT2D eigenvalue weighted by molar-refractivity contribution is -0.148. The van der Waals surface area contributed by atoms with Gasteiger partial charge in [-0.05, 0) is 51.9 Å². The highest BCUT2D eigenvalue weighted by atomic mass is 16.6. The fraction of sp³-hybridized carbons (Fsp3) is 0.621. The van der Waals surface area contributed by atoms with Crippen molar-refractivity contribution in [1.29, 1.82) is 0 Å². The average molecular weight is 501 g/mol. The fourth-order valence-corrected chi connectivity index (χ4v) is 5.06. The number of rotatable bonds is 3. The van der Waals surface area contributed by atoms with Crippen molar-refractivity contribution >= 4 is 5.97 Å². The third-order valence-corrected chi connectivity index (χ3v) is 7.20. The minimum atomic E-state index is -1.02. The Morgan fingerprint density at radius 1 is 1.19 bits per heavy atom. The van der Waals surface area contributed by atoms with E-state index in [9.17, 15) is 15.0 Å². The molecule has 1 fully saturated rings. The van der Waals surface area contributed by atoms with Gasteiger partial charge in [-0.1, -0.05) is 54.2 Å². The Hall–Kier alpha value is -2.03. The molecule has 7 heteroatoms. The molecule has 0 saturated carbocycles. The molecule has 0 radical (unpaired) electrons. The summed E-state index contributed by atoms with van der Waals surface area (Å²) >= 11 is 0. The summed E-state index contributed by atoms with van der Waals surface area (Å²) in [4.78, 5) is 12.6. The second-order valence-electron chi connectivity index (χ2n) is 10.4. The molecular formula is C29H40O7. The molecule has 4 aliphatic rings. The lowest BCUT2D eigenvalue weighted by Gasteiger charge is -2.25. The number of fused-ring (bicyclic) bond motifs is 3. The molecule has 0 aromatic heterocycles. The van der Waals surface area contributed by atoms with Crippen molar-refractivity contribution in [2.75, 3.05) is 6.61 Å². The van der Waals surface area contributed by atoms with E-state index >= 15 is 0 Å². The van der Waals surface area contributed by atoms with Crippen molar-refractivity contribution < 1.29 is 34.0 Å². The standard InChI is InChI=1S/C29H40O7/c1-19-6-3-7-21-8-4-9-22(34-21)10-5-11-28(32)35-26(18-27-29(36-27)25(31)17-19)24(30)13-12-23-16-20(2)14-15-33-23/h4-5,9,11-14,21-27,29-31H,1,3,6-8,10,15-18H2,2H3/b11-5-,13-12+/t21-,22+,23-,24+,25+,26+,27-,29+/m1/s1. The zero-order valence-corrected chi connectivity index (χ0v) is 21.2. The van der Waals surface area contributed by atoms with Crippen LogP contribution in [0.3, 0.4) is 0 Å². The second-order valence-corrected chi connectivity index (χ2v) is 10.4. The lowest BCUT2D eigenvalue weighted by Crippen LogP contribution is -2.32. The smallest absolute Gasteiger partial charge is 0.330 e. The summed E-state index contributed by atoms with van der Waals surface area (Å²) in [7, 11) is 0. The Labute approximate surface area is 214 Å². The summed E-state index contributed by atoms with van der Waals surface area (Å²) in [6.07, 6.45) is 15.3. The molecule has 1 saturated heterocycles. The summed E-state index contributed by atoms with van der Waals surface area (Å²) < 4.78 is 23.2. The maximum absolute atomic E-state index is 12.6. The SMILES string of the molecule is C=C1CCC[C@@H]2CC=C[C@@H](C/C=C\C(=O)O[C@H]([C@@H](O)/C=C/[C@@H]3CC(C)=CCO3)C[C@H]3O[C@H]3[C@@H](O)C1)O2. The molecule has 0 amide bonds. The predicted molar refractivity (Wildman–Crippen MR) is 136 cm³/mol. The van der Waals surface area contributed by atoms with E-state index in [2.05, 4.69) is 19.6 Å². The normalized spacial score (nSPS) is 38.3. The zero-order chi connectivity index (χ0) is 25.5. The molecule has 36 heavy (non-hydrogen) atoms. The molecule has 2 bridgehead atoms. The quantitative estimate of drug-likeness (QED) is 0.345. The molecule has 0 unspecified atom stereocenters. The molecule has 2 N–H and O–H groups in total. The Balaban J connectivity index is 1.43. The minimum Gasteiger partial charge on any atom is -0.456 e. The summed E-state index contributed by atoms with van der Waals surface area (Å²) in [5.41, 5.74) is 2.23. The van der Waals surface area contributed by atoms with Crippen LogP contribution in [-0.2, 0) is 23.7 Å². The number of esters is 1. The number of carbonyl (C=O) groups excluding carboxylic acids is 1. The van der Waals surface area contributed by atoms with Crippen LogP contribution in [-0.4, -0.2) is 71.6 Å². The molecule has 0 aromatic rings. The first-order valence-corrected chi connectivity index (χ1v) is 13.2. The van der Waals surface area contributed by atoms with Crippen LogP contribution in [0.15, 0.2) is 60.3 Å². The maximum atomic E-state index is 12.6. The number of ether oxygens (including phenoxy) is 4. The first-order valence-electron chi connectivity index (χ1n) is 13.2. The highest BCUT2D eigenvalue weighted by Crippen LogP contribution is 2.34. The third-order valence-electron chi connectivity index (χ3n) is 7.20. The van der Waals surface area contributed by atoms with E-state index in [0.29, 0.717) is 25.9 Å². The van der Waals surface area contributed by atoms with E-state index in [1.807, 2.05) is 18.2 Å². The number of hydrogen-bond donors (Lipinski definition) is 2. The number of carbonyl (C=O) groups is 1. The number of aliphatic hydroxyl groups excluding tert-OH is 2. The van der Waals surface area contributed by atoms with Gasteiger partial charge in [0.05, 0.1) is 37.1 Å². The van der Waals surface area contributed by atoms with E-state index in [4.69, 9.17) is 18.9 Å². The monoisotopic (exact) mass is 500 g/mol. The van der Waals surface area contributed by atoms with Gasteiger partial charge in [-0.15, -0.1) is 0 Å². The minimum absolute atomic E-state index is 0.0744. The topological polar surface area (TPSA) is 97.8 Å².